The molecule has 1 N–H and O–H groups in total. The number of hydrogen-bond donors (Lipinski definition) is 1. The lowest BCUT2D eigenvalue weighted by Gasteiger charge is -2.09. The molecule has 94 valence electrons. The number of aliphatic hydroxyl groups is 1. The number of hydrogen-bond acceptors (Lipinski definition) is 2. The minimum atomic E-state index is -0.506. The van der Waals surface area contributed by atoms with E-state index in [9.17, 15) is 9.50 Å². The van der Waals surface area contributed by atoms with Crippen LogP contribution in [0, 0.1) is 5.82 Å². The van der Waals surface area contributed by atoms with Gasteiger partial charge in [0.15, 0.2) is 0 Å². The molecule has 0 aliphatic carbocycles. The molecule has 0 saturated heterocycles. The fourth-order valence-corrected chi connectivity index (χ4v) is 2.99. The van der Waals surface area contributed by atoms with Crippen molar-refractivity contribution in [1.82, 2.24) is 0 Å². The van der Waals surface area contributed by atoms with Crippen molar-refractivity contribution in [1.29, 1.82) is 0 Å². The molecule has 2 aromatic rings. The van der Waals surface area contributed by atoms with Crippen molar-refractivity contribution < 1.29 is 9.50 Å². The van der Waals surface area contributed by atoms with Crippen LogP contribution in [0.4, 0.5) is 4.39 Å². The molecule has 1 atom stereocenters. The van der Waals surface area contributed by atoms with Crippen LogP contribution in [0.5, 0.6) is 0 Å². The number of aliphatic hydroxyl groups excluding tert-OH is 1. The summed E-state index contributed by atoms with van der Waals surface area (Å²) in [6, 6.07) is 12.2. The van der Waals surface area contributed by atoms with E-state index in [4.69, 9.17) is 0 Å². The average Bonchev–Trinajstić information content (AvgIpc) is 2.34. The van der Waals surface area contributed by atoms with E-state index in [0.717, 1.165) is 14.9 Å². The van der Waals surface area contributed by atoms with Gasteiger partial charge < -0.3 is 5.11 Å². The van der Waals surface area contributed by atoms with E-state index in [2.05, 4.69) is 15.9 Å². The summed E-state index contributed by atoms with van der Waals surface area (Å²) in [6.07, 6.45) is -0.506. The lowest BCUT2D eigenvalue weighted by molar-refractivity contribution is 0.199. The monoisotopic (exact) mass is 326 g/mol. The van der Waals surface area contributed by atoms with Crippen molar-refractivity contribution >= 4 is 27.7 Å². The zero-order valence-corrected chi connectivity index (χ0v) is 12.1. The van der Waals surface area contributed by atoms with Crippen molar-refractivity contribution in [2.75, 3.05) is 0 Å². The van der Waals surface area contributed by atoms with E-state index < -0.39 is 6.10 Å². The Labute approximate surface area is 118 Å². The highest BCUT2D eigenvalue weighted by atomic mass is 79.9. The summed E-state index contributed by atoms with van der Waals surface area (Å²) in [5.41, 5.74) is 0.833. The predicted molar refractivity (Wildman–Crippen MR) is 75.3 cm³/mol. The van der Waals surface area contributed by atoms with Crippen molar-refractivity contribution in [3.8, 4) is 0 Å². The summed E-state index contributed by atoms with van der Waals surface area (Å²) in [6.45, 7) is 1.71. The molecule has 0 aliphatic rings. The molecule has 0 heterocycles. The average molecular weight is 327 g/mol. The Morgan fingerprint density at radius 2 is 1.89 bits per heavy atom. The van der Waals surface area contributed by atoms with Gasteiger partial charge in [-0.15, -0.1) is 0 Å². The second-order valence-electron chi connectivity index (χ2n) is 3.90. The van der Waals surface area contributed by atoms with Gasteiger partial charge in [-0.3, -0.25) is 0 Å². The molecule has 0 spiro atoms. The van der Waals surface area contributed by atoms with E-state index in [1.54, 1.807) is 19.1 Å². The highest BCUT2D eigenvalue weighted by Crippen LogP contribution is 2.35. The summed E-state index contributed by atoms with van der Waals surface area (Å²) in [5, 5.41) is 9.49. The molecule has 4 heteroatoms. The van der Waals surface area contributed by atoms with Crippen LogP contribution in [0.3, 0.4) is 0 Å². The highest BCUT2D eigenvalue weighted by Gasteiger charge is 2.08. The van der Waals surface area contributed by atoms with E-state index in [1.165, 1.54) is 17.8 Å². The van der Waals surface area contributed by atoms with Gasteiger partial charge in [-0.05, 0) is 52.7 Å². The summed E-state index contributed by atoms with van der Waals surface area (Å²) in [4.78, 5) is 1.51. The zero-order valence-electron chi connectivity index (χ0n) is 9.73. The Morgan fingerprint density at radius 3 is 2.50 bits per heavy atom. The molecule has 0 aromatic heterocycles. The first-order valence-corrected chi connectivity index (χ1v) is 7.09. The molecule has 2 aromatic carbocycles. The number of rotatable bonds is 3. The van der Waals surface area contributed by atoms with E-state index in [-0.39, 0.29) is 5.82 Å². The van der Waals surface area contributed by atoms with Gasteiger partial charge in [0.05, 0.1) is 6.10 Å². The smallest absolute Gasteiger partial charge is 0.137 e. The zero-order chi connectivity index (χ0) is 13.1. The molecule has 0 bridgehead atoms. The minimum Gasteiger partial charge on any atom is -0.389 e. The SMILES string of the molecule is C[C@@H](O)c1ccc(Sc2ccccc2F)c(Br)c1. The van der Waals surface area contributed by atoms with Crippen LogP contribution >= 0.6 is 27.7 Å². The van der Waals surface area contributed by atoms with Crippen molar-refractivity contribution in [3.63, 3.8) is 0 Å². The first-order chi connectivity index (χ1) is 8.58. The number of halogens is 2. The largest absolute Gasteiger partial charge is 0.389 e. The Hall–Kier alpha value is -0.840. The maximum Gasteiger partial charge on any atom is 0.137 e. The molecule has 0 fully saturated rings. The maximum atomic E-state index is 13.5. The normalized spacial score (nSPS) is 12.4. The van der Waals surface area contributed by atoms with Crippen LogP contribution < -0.4 is 0 Å². The lowest BCUT2D eigenvalue weighted by atomic mass is 10.1. The van der Waals surface area contributed by atoms with E-state index in [1.807, 2.05) is 24.3 Å². The summed E-state index contributed by atoms with van der Waals surface area (Å²) in [7, 11) is 0. The molecule has 18 heavy (non-hydrogen) atoms. The van der Waals surface area contributed by atoms with Gasteiger partial charge in [0, 0.05) is 14.3 Å². The van der Waals surface area contributed by atoms with Gasteiger partial charge in [0.1, 0.15) is 5.82 Å². The third-order valence-electron chi connectivity index (χ3n) is 2.49. The minimum absolute atomic E-state index is 0.228. The molecule has 0 amide bonds. The molecule has 0 aliphatic heterocycles. The van der Waals surface area contributed by atoms with Gasteiger partial charge in [-0.2, -0.15) is 0 Å². The topological polar surface area (TPSA) is 20.2 Å². The summed E-state index contributed by atoms with van der Waals surface area (Å²) < 4.78 is 14.4. The molecular formula is C14H12BrFOS. The van der Waals surface area contributed by atoms with Gasteiger partial charge in [-0.25, -0.2) is 4.39 Å². The van der Waals surface area contributed by atoms with Gasteiger partial charge in [0.2, 0.25) is 0 Å². The molecular weight excluding hydrogens is 315 g/mol. The predicted octanol–water partition coefficient (Wildman–Crippen LogP) is 4.79. The Balaban J connectivity index is 2.28. The van der Waals surface area contributed by atoms with Crippen LogP contribution in [-0.4, -0.2) is 5.11 Å². The van der Waals surface area contributed by atoms with E-state index >= 15 is 0 Å². The first-order valence-electron chi connectivity index (χ1n) is 5.48. The third-order valence-corrected chi connectivity index (χ3v) is 4.54. The van der Waals surface area contributed by atoms with Crippen molar-refractivity contribution in [2.24, 2.45) is 0 Å². The lowest BCUT2D eigenvalue weighted by Crippen LogP contribution is -1.91. The molecule has 1 nitrogen and oxygen atoms in total. The van der Waals surface area contributed by atoms with Crippen LogP contribution in [0.2, 0.25) is 0 Å². The fraction of sp³-hybridized carbons (Fsp3) is 0.143. The van der Waals surface area contributed by atoms with Crippen LogP contribution in [0.15, 0.2) is 56.7 Å². The second kappa shape index (κ2) is 5.87. The molecule has 0 unspecified atom stereocenters. The Bertz CT molecular complexity index is 557. The quantitative estimate of drug-likeness (QED) is 0.874. The Morgan fingerprint density at radius 1 is 1.17 bits per heavy atom. The fourth-order valence-electron chi connectivity index (χ4n) is 1.51. The number of benzene rings is 2. The van der Waals surface area contributed by atoms with Crippen LogP contribution in [0.1, 0.15) is 18.6 Å². The van der Waals surface area contributed by atoms with Crippen molar-refractivity contribution in [3.05, 3.63) is 58.3 Å². The highest BCUT2D eigenvalue weighted by molar-refractivity contribution is 9.10. The van der Waals surface area contributed by atoms with Gasteiger partial charge >= 0.3 is 0 Å². The Kier molecular flexibility index (Phi) is 4.43. The van der Waals surface area contributed by atoms with Crippen molar-refractivity contribution in [2.45, 2.75) is 22.8 Å². The first kappa shape index (κ1) is 13.6. The standard InChI is InChI=1S/C14H12BrFOS/c1-9(17)10-6-7-13(11(15)8-10)18-14-5-3-2-4-12(14)16/h2-9,17H,1H3/t9-/m1/s1. The summed E-state index contributed by atoms with van der Waals surface area (Å²) >= 11 is 4.80. The third kappa shape index (κ3) is 3.13. The molecule has 0 saturated carbocycles. The summed E-state index contributed by atoms with van der Waals surface area (Å²) in [5.74, 6) is -0.228. The van der Waals surface area contributed by atoms with Crippen LogP contribution in [-0.2, 0) is 0 Å². The molecule has 0 radical (unpaired) electrons. The maximum absolute atomic E-state index is 13.5. The molecule has 2 rings (SSSR count). The second-order valence-corrected chi connectivity index (χ2v) is 5.84. The van der Waals surface area contributed by atoms with Gasteiger partial charge in [0.25, 0.3) is 0 Å². The van der Waals surface area contributed by atoms with Crippen LogP contribution in [0.25, 0.3) is 0 Å². The van der Waals surface area contributed by atoms with E-state index in [0.29, 0.717) is 4.90 Å². The van der Waals surface area contributed by atoms with Gasteiger partial charge in [-0.1, -0.05) is 30.0 Å².